The molecule has 1 aromatic rings. The third kappa shape index (κ3) is 2.70. The number of benzene rings is 1. The number of likely N-dealkylation sites (N-methyl/N-ethyl adjacent to an activating group) is 1. The van der Waals surface area contributed by atoms with Crippen LogP contribution in [0.15, 0.2) is 24.3 Å². The topological polar surface area (TPSA) is 64.3 Å². The third-order valence-electron chi connectivity index (χ3n) is 2.45. The summed E-state index contributed by atoms with van der Waals surface area (Å²) in [5.74, 6) is -0.915. The molecule has 1 rings (SSSR count). The number of primary amides is 1. The van der Waals surface area contributed by atoms with Crippen LogP contribution in [-0.4, -0.2) is 25.1 Å². The Morgan fingerprint density at radius 2 is 2.19 bits per heavy atom. The Morgan fingerprint density at radius 1 is 1.56 bits per heavy atom. The highest BCUT2D eigenvalue weighted by atomic mass is 19.1. The lowest BCUT2D eigenvalue weighted by Gasteiger charge is -2.25. The minimum Gasteiger partial charge on any atom is -0.488 e. The molecule has 16 heavy (non-hydrogen) atoms. The number of rotatable bonds is 5. The molecule has 0 aliphatic heterocycles. The summed E-state index contributed by atoms with van der Waals surface area (Å²) >= 11 is 0. The van der Waals surface area contributed by atoms with Gasteiger partial charge in [0.15, 0.2) is 11.6 Å². The minimum atomic E-state index is -1.01. The number of amides is 1. The largest absolute Gasteiger partial charge is 0.488 e. The van der Waals surface area contributed by atoms with Gasteiger partial charge in [-0.15, -0.1) is 0 Å². The smallest absolute Gasteiger partial charge is 0.240 e. The monoisotopic (exact) mass is 226 g/mol. The van der Waals surface area contributed by atoms with Gasteiger partial charge in [-0.3, -0.25) is 4.79 Å². The van der Waals surface area contributed by atoms with Crippen LogP contribution in [0, 0.1) is 5.82 Å². The summed E-state index contributed by atoms with van der Waals surface area (Å²) < 4.78 is 18.4. The third-order valence-corrected chi connectivity index (χ3v) is 2.45. The number of halogens is 1. The molecule has 1 unspecified atom stereocenters. The number of carbonyl (C=O) groups is 1. The molecule has 1 amide bonds. The van der Waals surface area contributed by atoms with Crippen molar-refractivity contribution < 1.29 is 13.9 Å². The van der Waals surface area contributed by atoms with Crippen LogP contribution in [0.5, 0.6) is 5.75 Å². The molecule has 0 fully saturated rings. The molecule has 0 heterocycles. The lowest BCUT2D eigenvalue weighted by atomic mass is 10.0. The molecule has 0 radical (unpaired) electrons. The van der Waals surface area contributed by atoms with E-state index in [9.17, 15) is 9.18 Å². The van der Waals surface area contributed by atoms with E-state index in [2.05, 4.69) is 5.32 Å². The van der Waals surface area contributed by atoms with Crippen molar-refractivity contribution in [2.75, 3.05) is 13.7 Å². The number of hydrogen-bond donors (Lipinski definition) is 2. The molecule has 0 bridgehead atoms. The van der Waals surface area contributed by atoms with Gasteiger partial charge in [0, 0.05) is 0 Å². The van der Waals surface area contributed by atoms with Gasteiger partial charge in [0.2, 0.25) is 5.91 Å². The highest BCUT2D eigenvalue weighted by molar-refractivity contribution is 5.84. The van der Waals surface area contributed by atoms with E-state index < -0.39 is 17.3 Å². The molecular formula is C11H15FN2O2. The van der Waals surface area contributed by atoms with Gasteiger partial charge in [-0.25, -0.2) is 4.39 Å². The van der Waals surface area contributed by atoms with Crippen LogP contribution in [0.2, 0.25) is 0 Å². The van der Waals surface area contributed by atoms with E-state index in [0.29, 0.717) is 0 Å². The number of nitrogens with one attached hydrogen (secondary N) is 1. The Kier molecular flexibility index (Phi) is 3.84. The second-order valence-corrected chi connectivity index (χ2v) is 3.67. The molecule has 0 aliphatic rings. The molecule has 3 N–H and O–H groups in total. The number of para-hydroxylation sites is 1. The van der Waals surface area contributed by atoms with E-state index in [4.69, 9.17) is 10.5 Å². The predicted molar refractivity (Wildman–Crippen MR) is 58.6 cm³/mol. The molecule has 0 aliphatic carbocycles. The van der Waals surface area contributed by atoms with Crippen molar-refractivity contribution in [1.29, 1.82) is 0 Å². The van der Waals surface area contributed by atoms with Gasteiger partial charge in [0.25, 0.3) is 0 Å². The number of hydrogen-bond acceptors (Lipinski definition) is 3. The van der Waals surface area contributed by atoms with Crippen molar-refractivity contribution in [2.45, 2.75) is 12.5 Å². The predicted octanol–water partition coefficient (Wildman–Crippen LogP) is 0.668. The highest BCUT2D eigenvalue weighted by Crippen LogP contribution is 2.17. The van der Waals surface area contributed by atoms with Crippen molar-refractivity contribution in [3.63, 3.8) is 0 Å². The average Bonchev–Trinajstić information content (AvgIpc) is 2.27. The van der Waals surface area contributed by atoms with Gasteiger partial charge in [-0.05, 0) is 26.1 Å². The van der Waals surface area contributed by atoms with E-state index >= 15 is 0 Å². The van der Waals surface area contributed by atoms with Crippen molar-refractivity contribution in [3.8, 4) is 5.75 Å². The van der Waals surface area contributed by atoms with E-state index in [1.54, 1.807) is 26.1 Å². The zero-order chi connectivity index (χ0) is 12.2. The van der Waals surface area contributed by atoms with Crippen LogP contribution in [0.1, 0.15) is 6.92 Å². The van der Waals surface area contributed by atoms with Crippen molar-refractivity contribution in [3.05, 3.63) is 30.1 Å². The lowest BCUT2D eigenvalue weighted by molar-refractivity contribution is -0.124. The summed E-state index contributed by atoms with van der Waals surface area (Å²) in [5, 5.41) is 2.75. The Hall–Kier alpha value is -1.62. The van der Waals surface area contributed by atoms with Crippen LogP contribution in [0.25, 0.3) is 0 Å². The fraction of sp³-hybridized carbons (Fsp3) is 0.364. The minimum absolute atomic E-state index is 0.0280. The standard InChI is InChI=1S/C11H15FN2O2/c1-11(14-2,10(13)15)7-16-9-6-4-3-5-8(9)12/h3-6,14H,7H2,1-2H3,(H2,13,15). The molecule has 5 heteroatoms. The highest BCUT2D eigenvalue weighted by Gasteiger charge is 2.30. The molecular weight excluding hydrogens is 211 g/mol. The molecule has 1 aromatic carbocycles. The molecule has 0 saturated carbocycles. The Labute approximate surface area is 93.6 Å². The van der Waals surface area contributed by atoms with Crippen LogP contribution in [0.4, 0.5) is 4.39 Å². The van der Waals surface area contributed by atoms with Crippen molar-refractivity contribution in [1.82, 2.24) is 5.32 Å². The van der Waals surface area contributed by atoms with Crippen molar-refractivity contribution in [2.24, 2.45) is 5.73 Å². The zero-order valence-electron chi connectivity index (χ0n) is 9.29. The number of carbonyl (C=O) groups excluding carboxylic acids is 1. The lowest BCUT2D eigenvalue weighted by Crippen LogP contribution is -2.55. The van der Waals surface area contributed by atoms with E-state index in [0.717, 1.165) is 0 Å². The Bertz CT molecular complexity index is 384. The fourth-order valence-electron chi connectivity index (χ4n) is 1.05. The molecule has 0 saturated heterocycles. The van der Waals surface area contributed by atoms with Gasteiger partial charge in [0.05, 0.1) is 0 Å². The molecule has 0 spiro atoms. The van der Waals surface area contributed by atoms with Crippen LogP contribution in [0.3, 0.4) is 0 Å². The fourth-order valence-corrected chi connectivity index (χ4v) is 1.05. The number of ether oxygens (including phenoxy) is 1. The maximum absolute atomic E-state index is 13.2. The average molecular weight is 226 g/mol. The molecule has 0 aromatic heterocycles. The van der Waals surface area contributed by atoms with Gasteiger partial charge in [-0.2, -0.15) is 0 Å². The summed E-state index contributed by atoms with van der Waals surface area (Å²) in [4.78, 5) is 11.1. The normalized spacial score (nSPS) is 14.2. The Morgan fingerprint density at radius 3 is 2.69 bits per heavy atom. The quantitative estimate of drug-likeness (QED) is 0.775. The maximum atomic E-state index is 13.2. The van der Waals surface area contributed by atoms with E-state index in [1.165, 1.54) is 12.1 Å². The number of nitrogens with two attached hydrogens (primary N) is 1. The first kappa shape index (κ1) is 12.4. The van der Waals surface area contributed by atoms with Crippen LogP contribution in [-0.2, 0) is 4.79 Å². The van der Waals surface area contributed by atoms with Gasteiger partial charge in [-0.1, -0.05) is 12.1 Å². The first-order chi connectivity index (χ1) is 7.49. The van der Waals surface area contributed by atoms with Crippen LogP contribution >= 0.6 is 0 Å². The van der Waals surface area contributed by atoms with Gasteiger partial charge in [0.1, 0.15) is 12.1 Å². The van der Waals surface area contributed by atoms with Crippen molar-refractivity contribution >= 4 is 5.91 Å². The zero-order valence-corrected chi connectivity index (χ0v) is 9.29. The second kappa shape index (κ2) is 4.94. The van der Waals surface area contributed by atoms with Gasteiger partial charge >= 0.3 is 0 Å². The molecule has 4 nitrogen and oxygen atoms in total. The first-order valence-electron chi connectivity index (χ1n) is 4.86. The van der Waals surface area contributed by atoms with Gasteiger partial charge < -0.3 is 15.8 Å². The summed E-state index contributed by atoms with van der Waals surface area (Å²) in [6.45, 7) is 1.57. The second-order valence-electron chi connectivity index (χ2n) is 3.67. The maximum Gasteiger partial charge on any atom is 0.240 e. The Balaban J connectivity index is 2.71. The van der Waals surface area contributed by atoms with Crippen LogP contribution < -0.4 is 15.8 Å². The summed E-state index contributed by atoms with van der Waals surface area (Å²) in [7, 11) is 1.59. The molecule has 88 valence electrons. The summed E-state index contributed by atoms with van der Waals surface area (Å²) in [6.07, 6.45) is 0. The van der Waals surface area contributed by atoms with E-state index in [-0.39, 0.29) is 12.4 Å². The SMILES string of the molecule is CNC(C)(COc1ccccc1F)C(N)=O. The first-order valence-corrected chi connectivity index (χ1v) is 4.86. The summed E-state index contributed by atoms with van der Waals surface area (Å²) in [5.41, 5.74) is 4.20. The molecule has 1 atom stereocenters. The van der Waals surface area contributed by atoms with E-state index in [1.807, 2.05) is 0 Å². The summed E-state index contributed by atoms with van der Waals surface area (Å²) in [6, 6.07) is 6.00.